The van der Waals surface area contributed by atoms with Crippen LogP contribution >= 0.6 is 0 Å². The lowest BCUT2D eigenvalue weighted by Crippen LogP contribution is -2.47. The standard InChI is InChI=1S/C21H27N3O4/c25-19-21(9-3-1-2-4-10-21)22-20(26)24(19)13-23-11-5-6-16(23)15-7-8-17-18(12-15)28-14-27-17/h7-8,12,16H,1-6,9-11,13-14H2,(H,22,26). The molecular weight excluding hydrogens is 358 g/mol. The van der Waals surface area contributed by atoms with Crippen molar-refractivity contribution in [2.75, 3.05) is 20.0 Å². The fraction of sp³-hybridized carbons (Fsp3) is 0.619. The summed E-state index contributed by atoms with van der Waals surface area (Å²) in [6.07, 6.45) is 7.88. The van der Waals surface area contributed by atoms with Crippen molar-refractivity contribution in [1.82, 2.24) is 15.1 Å². The van der Waals surface area contributed by atoms with Gasteiger partial charge in [0.15, 0.2) is 11.5 Å². The topological polar surface area (TPSA) is 71.1 Å². The molecule has 1 aromatic rings. The largest absolute Gasteiger partial charge is 0.454 e. The smallest absolute Gasteiger partial charge is 0.326 e. The van der Waals surface area contributed by atoms with Crippen molar-refractivity contribution in [1.29, 1.82) is 0 Å². The fourth-order valence-electron chi connectivity index (χ4n) is 5.15. The second-order valence-corrected chi connectivity index (χ2v) is 8.38. The highest BCUT2D eigenvalue weighted by Gasteiger charge is 2.51. The van der Waals surface area contributed by atoms with Crippen LogP contribution in [0.5, 0.6) is 11.5 Å². The Balaban J connectivity index is 1.33. The molecule has 7 nitrogen and oxygen atoms in total. The van der Waals surface area contributed by atoms with Gasteiger partial charge in [-0.05, 0) is 43.4 Å². The maximum absolute atomic E-state index is 13.2. The third-order valence-corrected chi connectivity index (χ3v) is 6.67. The summed E-state index contributed by atoms with van der Waals surface area (Å²) in [6.45, 7) is 1.49. The van der Waals surface area contributed by atoms with Crippen LogP contribution in [-0.2, 0) is 4.79 Å². The summed E-state index contributed by atoms with van der Waals surface area (Å²) in [5, 5.41) is 3.05. The molecule has 1 saturated carbocycles. The summed E-state index contributed by atoms with van der Waals surface area (Å²) in [7, 11) is 0. The lowest BCUT2D eigenvalue weighted by molar-refractivity contribution is -0.133. The minimum absolute atomic E-state index is 0.0317. The predicted octanol–water partition coefficient (Wildman–Crippen LogP) is 3.15. The maximum Gasteiger partial charge on any atom is 0.326 e. The molecule has 0 aromatic heterocycles. The van der Waals surface area contributed by atoms with Gasteiger partial charge in [-0.25, -0.2) is 9.69 Å². The van der Waals surface area contributed by atoms with Gasteiger partial charge in [0.2, 0.25) is 6.79 Å². The Bertz CT molecular complexity index is 788. The zero-order valence-corrected chi connectivity index (χ0v) is 16.1. The van der Waals surface area contributed by atoms with Crippen LogP contribution in [0.25, 0.3) is 0 Å². The van der Waals surface area contributed by atoms with Gasteiger partial charge in [-0.1, -0.05) is 31.7 Å². The highest BCUT2D eigenvalue weighted by atomic mass is 16.7. The van der Waals surface area contributed by atoms with Crippen LogP contribution < -0.4 is 14.8 Å². The van der Waals surface area contributed by atoms with E-state index in [0.717, 1.165) is 75.0 Å². The molecule has 1 aliphatic carbocycles. The Morgan fingerprint density at radius 1 is 1.04 bits per heavy atom. The highest BCUT2D eigenvalue weighted by Crippen LogP contribution is 2.40. The molecule has 7 heteroatoms. The second kappa shape index (κ2) is 6.95. The van der Waals surface area contributed by atoms with Crippen LogP contribution in [0.2, 0.25) is 0 Å². The number of urea groups is 1. The molecule has 3 fully saturated rings. The van der Waals surface area contributed by atoms with Gasteiger partial charge in [0, 0.05) is 12.6 Å². The fourth-order valence-corrected chi connectivity index (χ4v) is 5.15. The minimum Gasteiger partial charge on any atom is -0.454 e. The third-order valence-electron chi connectivity index (χ3n) is 6.67. The van der Waals surface area contributed by atoms with Crippen LogP contribution in [0, 0.1) is 0 Å². The number of ether oxygens (including phenoxy) is 2. The van der Waals surface area contributed by atoms with Gasteiger partial charge in [0.25, 0.3) is 5.91 Å². The van der Waals surface area contributed by atoms with Crippen molar-refractivity contribution in [2.24, 2.45) is 0 Å². The molecule has 3 aliphatic heterocycles. The summed E-state index contributed by atoms with van der Waals surface area (Å²) in [5.74, 6) is 1.52. The molecule has 28 heavy (non-hydrogen) atoms. The van der Waals surface area contributed by atoms with Gasteiger partial charge in [0.1, 0.15) is 5.54 Å². The number of benzene rings is 1. The second-order valence-electron chi connectivity index (χ2n) is 8.38. The van der Waals surface area contributed by atoms with Crippen molar-refractivity contribution in [3.05, 3.63) is 23.8 Å². The number of hydrogen-bond donors (Lipinski definition) is 1. The monoisotopic (exact) mass is 385 g/mol. The number of hydrogen-bond acceptors (Lipinski definition) is 5. The van der Waals surface area contributed by atoms with E-state index in [0.29, 0.717) is 6.67 Å². The Kier molecular flexibility index (Phi) is 4.42. The molecule has 1 atom stereocenters. The lowest BCUT2D eigenvalue weighted by atomic mass is 9.90. The summed E-state index contributed by atoms with van der Waals surface area (Å²) in [5.41, 5.74) is 0.486. The van der Waals surface area contributed by atoms with E-state index < -0.39 is 5.54 Å². The first-order chi connectivity index (χ1) is 13.7. The molecule has 5 rings (SSSR count). The first-order valence-corrected chi connectivity index (χ1v) is 10.4. The van der Waals surface area contributed by atoms with Crippen molar-refractivity contribution in [3.8, 4) is 11.5 Å². The van der Waals surface area contributed by atoms with E-state index in [-0.39, 0.29) is 24.8 Å². The molecule has 4 aliphatic rings. The van der Waals surface area contributed by atoms with Gasteiger partial charge < -0.3 is 14.8 Å². The van der Waals surface area contributed by atoms with E-state index in [1.807, 2.05) is 12.1 Å². The molecule has 0 radical (unpaired) electrons. The molecule has 1 aromatic carbocycles. The third kappa shape index (κ3) is 2.92. The number of nitrogens with zero attached hydrogens (tertiary/aromatic N) is 2. The number of imide groups is 1. The first kappa shape index (κ1) is 17.8. The van der Waals surface area contributed by atoms with Crippen molar-refractivity contribution in [3.63, 3.8) is 0 Å². The number of fused-ring (bicyclic) bond motifs is 1. The summed E-state index contributed by atoms with van der Waals surface area (Å²) >= 11 is 0. The van der Waals surface area contributed by atoms with Gasteiger partial charge in [-0.2, -0.15) is 0 Å². The molecule has 3 heterocycles. The quantitative estimate of drug-likeness (QED) is 0.810. The SMILES string of the molecule is O=C1NC2(CCCCCC2)C(=O)N1CN1CCCC1c1ccc2c(c1)OCO2. The van der Waals surface area contributed by atoms with Crippen LogP contribution in [-0.4, -0.2) is 47.3 Å². The van der Waals surface area contributed by atoms with Crippen LogP contribution in [0.15, 0.2) is 18.2 Å². The van der Waals surface area contributed by atoms with Crippen LogP contribution in [0.4, 0.5) is 4.79 Å². The maximum atomic E-state index is 13.2. The number of rotatable bonds is 3. The molecule has 1 spiro atoms. The summed E-state index contributed by atoms with van der Waals surface area (Å²) in [6, 6.07) is 5.99. The molecule has 150 valence electrons. The Hall–Kier alpha value is -2.28. The van der Waals surface area contributed by atoms with Crippen LogP contribution in [0.1, 0.15) is 63.0 Å². The summed E-state index contributed by atoms with van der Waals surface area (Å²) < 4.78 is 10.9. The van der Waals surface area contributed by atoms with Gasteiger partial charge in [0.05, 0.1) is 6.67 Å². The Morgan fingerprint density at radius 2 is 1.82 bits per heavy atom. The zero-order valence-electron chi connectivity index (χ0n) is 16.1. The van der Waals surface area contributed by atoms with E-state index in [1.165, 1.54) is 4.90 Å². The van der Waals surface area contributed by atoms with Gasteiger partial charge >= 0.3 is 6.03 Å². The van der Waals surface area contributed by atoms with Crippen molar-refractivity contribution >= 4 is 11.9 Å². The first-order valence-electron chi connectivity index (χ1n) is 10.4. The van der Waals surface area contributed by atoms with Crippen molar-refractivity contribution < 1.29 is 19.1 Å². The average molecular weight is 385 g/mol. The minimum atomic E-state index is -0.665. The van der Waals surface area contributed by atoms with Crippen molar-refractivity contribution in [2.45, 2.75) is 62.9 Å². The predicted molar refractivity (Wildman–Crippen MR) is 102 cm³/mol. The van der Waals surface area contributed by atoms with E-state index in [1.54, 1.807) is 0 Å². The van der Waals surface area contributed by atoms with E-state index >= 15 is 0 Å². The summed E-state index contributed by atoms with van der Waals surface area (Å²) in [4.78, 5) is 29.6. The molecule has 2 saturated heterocycles. The van der Waals surface area contributed by atoms with Gasteiger partial charge in [-0.3, -0.25) is 9.69 Å². The van der Waals surface area contributed by atoms with Gasteiger partial charge in [-0.15, -0.1) is 0 Å². The Morgan fingerprint density at radius 3 is 2.64 bits per heavy atom. The Labute approximate surface area is 165 Å². The van der Waals surface area contributed by atoms with E-state index in [9.17, 15) is 9.59 Å². The average Bonchev–Trinajstić information content (AvgIpc) is 3.35. The molecule has 3 amide bonds. The molecule has 0 bridgehead atoms. The lowest BCUT2D eigenvalue weighted by Gasteiger charge is -2.29. The number of amides is 3. The number of carbonyl (C=O) groups excluding carboxylic acids is 2. The molecule has 1 N–H and O–H groups in total. The highest BCUT2D eigenvalue weighted by molar-refractivity contribution is 6.07. The number of nitrogens with one attached hydrogen (secondary N) is 1. The van der Waals surface area contributed by atoms with Crippen LogP contribution in [0.3, 0.4) is 0 Å². The zero-order chi connectivity index (χ0) is 19.1. The molecular formula is C21H27N3O4. The van der Waals surface area contributed by atoms with E-state index in [4.69, 9.17) is 9.47 Å². The number of carbonyl (C=O) groups is 2. The number of likely N-dealkylation sites (tertiary alicyclic amines) is 1. The normalized spacial score (nSPS) is 26.7. The van der Waals surface area contributed by atoms with E-state index in [2.05, 4.69) is 16.3 Å². The molecule has 1 unspecified atom stereocenters.